The highest BCUT2D eigenvalue weighted by atomic mass is 16.3. The van der Waals surface area contributed by atoms with E-state index in [0.29, 0.717) is 25.7 Å². The number of rotatable bonds is 20. The standard InChI is InChI=1S/C27H43N5O8/c1-17(2)30-23(36)11-10-22(35)21(9-7-14-29-27(28)40)31-26(39)20(18(3)33)16-19(34)8-5-4-6-15-32-24(37)12-13-25(32)38/h12-13,17-18,20-21,33H,4-11,14-16H2,1-3H3,(H,30,36)(H,31,39)(H3,28,29,40)/t18-,20+,21?/m0/s1/i1D/t17-,18-,20+,21?. The van der Waals surface area contributed by atoms with E-state index in [1.54, 1.807) is 6.92 Å². The second-order valence-corrected chi connectivity index (χ2v) is 9.99. The van der Waals surface area contributed by atoms with Gasteiger partial charge in [0.2, 0.25) is 11.8 Å². The molecule has 0 aromatic carbocycles. The Morgan fingerprint density at radius 2 is 1.65 bits per heavy atom. The first-order valence-corrected chi connectivity index (χ1v) is 13.5. The molecule has 1 heterocycles. The Labute approximate surface area is 236 Å². The Kier molecular flexibility index (Phi) is 14.6. The van der Waals surface area contributed by atoms with Crippen LogP contribution in [0.15, 0.2) is 12.2 Å². The second-order valence-electron chi connectivity index (χ2n) is 9.99. The van der Waals surface area contributed by atoms with Gasteiger partial charge in [0, 0.05) is 58.3 Å². The van der Waals surface area contributed by atoms with Gasteiger partial charge in [-0.05, 0) is 46.4 Å². The molecule has 0 bridgehead atoms. The number of hydrogen-bond donors (Lipinski definition) is 5. The van der Waals surface area contributed by atoms with Crippen LogP contribution in [-0.4, -0.2) is 82.5 Å². The quantitative estimate of drug-likeness (QED) is 0.102. The summed E-state index contributed by atoms with van der Waals surface area (Å²) in [5, 5.41) is 17.8. The second kappa shape index (κ2) is 17.9. The van der Waals surface area contributed by atoms with Gasteiger partial charge in [-0.25, -0.2) is 4.79 Å². The fourth-order valence-corrected chi connectivity index (χ4v) is 4.12. The molecule has 13 nitrogen and oxygen atoms in total. The van der Waals surface area contributed by atoms with Crippen molar-refractivity contribution < 1.29 is 40.0 Å². The number of primary amides is 1. The molecule has 0 spiro atoms. The molecule has 4 atom stereocenters. The molecule has 13 heteroatoms. The predicted octanol–water partition coefficient (Wildman–Crippen LogP) is 0.235. The molecular formula is C27H43N5O8. The van der Waals surface area contributed by atoms with Gasteiger partial charge in [0.05, 0.1) is 18.1 Å². The van der Waals surface area contributed by atoms with E-state index in [-0.39, 0.29) is 75.7 Å². The Morgan fingerprint density at radius 3 is 2.25 bits per heavy atom. The van der Waals surface area contributed by atoms with Crippen LogP contribution >= 0.6 is 0 Å². The number of hydrogen-bond acceptors (Lipinski definition) is 8. The van der Waals surface area contributed by atoms with Crippen LogP contribution in [0, 0.1) is 5.92 Å². The molecule has 40 heavy (non-hydrogen) atoms. The zero-order valence-electron chi connectivity index (χ0n) is 24.3. The number of Topliss-reactive ketones (excluding diaryl/α,β-unsaturated/α-hetero) is 2. The van der Waals surface area contributed by atoms with E-state index in [1.165, 1.54) is 19.1 Å². The zero-order valence-corrected chi connectivity index (χ0v) is 23.3. The molecule has 0 aliphatic carbocycles. The number of aliphatic hydroxyl groups excluding tert-OH is 1. The van der Waals surface area contributed by atoms with Crippen molar-refractivity contribution in [3.63, 3.8) is 0 Å². The summed E-state index contributed by atoms with van der Waals surface area (Å²) in [4.78, 5) is 85.8. The van der Waals surface area contributed by atoms with Crippen molar-refractivity contribution in [1.29, 1.82) is 0 Å². The molecule has 0 radical (unpaired) electrons. The zero-order chi connectivity index (χ0) is 30.9. The molecule has 1 aliphatic heterocycles. The summed E-state index contributed by atoms with van der Waals surface area (Å²) < 4.78 is 7.27. The van der Waals surface area contributed by atoms with Crippen molar-refractivity contribution in [3.05, 3.63) is 12.2 Å². The maximum Gasteiger partial charge on any atom is 0.312 e. The Balaban J connectivity index is 2.65. The highest BCUT2D eigenvalue weighted by Gasteiger charge is 2.30. The molecule has 224 valence electrons. The third-order valence-corrected chi connectivity index (χ3v) is 6.28. The van der Waals surface area contributed by atoms with Gasteiger partial charge < -0.3 is 26.8 Å². The molecule has 6 amide bonds. The van der Waals surface area contributed by atoms with E-state index >= 15 is 0 Å². The normalized spacial score (nSPS) is 16.1. The fraction of sp³-hybridized carbons (Fsp3) is 0.667. The lowest BCUT2D eigenvalue weighted by Crippen LogP contribution is -2.47. The van der Waals surface area contributed by atoms with Gasteiger partial charge in [-0.1, -0.05) is 6.42 Å². The minimum atomic E-state index is -1.18. The van der Waals surface area contributed by atoms with E-state index in [2.05, 4.69) is 16.0 Å². The Hall–Kier alpha value is -3.61. The van der Waals surface area contributed by atoms with Gasteiger partial charge in [-0.3, -0.25) is 33.7 Å². The van der Waals surface area contributed by atoms with Crippen molar-refractivity contribution in [1.82, 2.24) is 20.9 Å². The molecule has 1 rings (SSSR count). The molecule has 0 aromatic rings. The van der Waals surface area contributed by atoms with Gasteiger partial charge in [0.15, 0.2) is 5.78 Å². The largest absolute Gasteiger partial charge is 0.393 e. The fourth-order valence-electron chi connectivity index (χ4n) is 4.12. The summed E-state index contributed by atoms with van der Waals surface area (Å²) in [6.07, 6.45) is 2.85. The minimum Gasteiger partial charge on any atom is -0.393 e. The van der Waals surface area contributed by atoms with E-state index in [9.17, 15) is 38.7 Å². The first-order valence-electron chi connectivity index (χ1n) is 14.2. The van der Waals surface area contributed by atoms with Gasteiger partial charge in [-0.15, -0.1) is 0 Å². The van der Waals surface area contributed by atoms with Crippen LogP contribution in [0.5, 0.6) is 0 Å². The van der Waals surface area contributed by atoms with E-state index in [1.807, 2.05) is 0 Å². The summed E-state index contributed by atoms with van der Waals surface area (Å²) >= 11 is 0. The summed E-state index contributed by atoms with van der Waals surface area (Å²) in [5.74, 6) is -3.59. The van der Waals surface area contributed by atoms with Crippen LogP contribution in [0.25, 0.3) is 0 Å². The molecule has 0 saturated heterocycles. The maximum atomic E-state index is 13.0. The first kappa shape index (κ1) is 32.6. The maximum absolute atomic E-state index is 13.0. The monoisotopic (exact) mass is 566 g/mol. The molecule has 1 aliphatic rings. The highest BCUT2D eigenvalue weighted by Crippen LogP contribution is 2.16. The van der Waals surface area contributed by atoms with Crippen LogP contribution in [-0.2, 0) is 28.8 Å². The third-order valence-electron chi connectivity index (χ3n) is 6.28. The number of unbranched alkanes of at least 4 members (excludes halogenated alkanes) is 2. The Morgan fingerprint density at radius 1 is 0.975 bits per heavy atom. The van der Waals surface area contributed by atoms with Gasteiger partial charge >= 0.3 is 6.03 Å². The lowest BCUT2D eigenvalue weighted by atomic mass is 9.93. The lowest BCUT2D eigenvalue weighted by molar-refractivity contribution is -0.137. The van der Waals surface area contributed by atoms with E-state index in [0.717, 1.165) is 4.90 Å². The van der Waals surface area contributed by atoms with Gasteiger partial charge in [0.1, 0.15) is 5.78 Å². The third kappa shape index (κ3) is 13.5. The van der Waals surface area contributed by atoms with Crippen molar-refractivity contribution in [3.8, 4) is 0 Å². The SMILES string of the molecule is [2H]C[C@@H](C)NC(=O)CCC(=O)C(CCCNC(N)=O)NC(=O)[C@H](CC(=O)CCCCCN1C(=O)C=CC1=O)[C@H](C)O. The van der Waals surface area contributed by atoms with E-state index in [4.69, 9.17) is 7.10 Å². The molecule has 0 fully saturated rings. The minimum absolute atomic E-state index is 0.0109. The average molecular weight is 567 g/mol. The number of nitrogens with two attached hydrogens (primary N) is 1. The van der Waals surface area contributed by atoms with Crippen LogP contribution in [0.2, 0.25) is 0 Å². The predicted molar refractivity (Wildman–Crippen MR) is 145 cm³/mol. The summed E-state index contributed by atoms with van der Waals surface area (Å²) in [6.45, 7) is 3.44. The van der Waals surface area contributed by atoms with E-state index < -0.39 is 41.7 Å². The number of urea groups is 1. The number of nitrogens with zero attached hydrogens (tertiary/aromatic N) is 1. The van der Waals surface area contributed by atoms with Crippen LogP contribution in [0.1, 0.15) is 79.9 Å². The van der Waals surface area contributed by atoms with Crippen LogP contribution in [0.3, 0.4) is 0 Å². The summed E-state index contributed by atoms with van der Waals surface area (Å²) in [6, 6.07) is -2.12. The molecule has 6 N–H and O–H groups in total. The number of amides is 6. The van der Waals surface area contributed by atoms with Gasteiger partial charge in [-0.2, -0.15) is 0 Å². The number of imide groups is 1. The highest BCUT2D eigenvalue weighted by molar-refractivity contribution is 6.12. The molecular weight excluding hydrogens is 522 g/mol. The van der Waals surface area contributed by atoms with Crippen molar-refractivity contribution in [2.75, 3.05) is 13.1 Å². The number of nitrogens with one attached hydrogen (secondary N) is 3. The number of carbonyl (C=O) groups is 7. The molecule has 0 aromatic heterocycles. The topological polar surface area (TPSA) is 205 Å². The van der Waals surface area contributed by atoms with Gasteiger partial charge in [0.25, 0.3) is 11.8 Å². The Bertz CT molecular complexity index is 969. The number of ketones is 2. The first-order chi connectivity index (χ1) is 19.3. The number of aliphatic hydroxyl groups is 1. The van der Waals surface area contributed by atoms with Crippen molar-refractivity contribution >= 4 is 41.2 Å². The smallest absolute Gasteiger partial charge is 0.312 e. The molecule has 0 saturated carbocycles. The molecule has 1 unspecified atom stereocenters. The van der Waals surface area contributed by atoms with Crippen molar-refractivity contribution in [2.24, 2.45) is 11.7 Å². The lowest BCUT2D eigenvalue weighted by Gasteiger charge is -2.23. The average Bonchev–Trinajstić information content (AvgIpc) is 3.23. The van der Waals surface area contributed by atoms with Crippen molar-refractivity contribution in [2.45, 2.75) is 96.7 Å². The van der Waals surface area contributed by atoms with Crippen LogP contribution < -0.4 is 21.7 Å². The van der Waals surface area contributed by atoms with Crippen LogP contribution in [0.4, 0.5) is 4.79 Å². The summed E-state index contributed by atoms with van der Waals surface area (Å²) in [5.41, 5.74) is 5.06. The number of carbonyl (C=O) groups excluding carboxylic acids is 7. The summed E-state index contributed by atoms with van der Waals surface area (Å²) in [7, 11) is 0.